The van der Waals surface area contributed by atoms with Gasteiger partial charge in [0.15, 0.2) is 0 Å². The van der Waals surface area contributed by atoms with E-state index in [0.29, 0.717) is 6.54 Å². The van der Waals surface area contributed by atoms with Crippen LogP contribution in [0, 0.1) is 6.92 Å². The van der Waals surface area contributed by atoms with E-state index in [2.05, 4.69) is 10.6 Å². The number of aryl methyl sites for hydroxylation is 1. The van der Waals surface area contributed by atoms with E-state index in [1.807, 2.05) is 31.2 Å². The van der Waals surface area contributed by atoms with Crippen molar-refractivity contribution in [2.24, 2.45) is 0 Å². The van der Waals surface area contributed by atoms with Gasteiger partial charge in [0.25, 0.3) is 0 Å². The molecule has 0 unspecified atom stereocenters. The molecule has 0 saturated heterocycles. The van der Waals surface area contributed by atoms with Crippen LogP contribution in [0.5, 0.6) is 0 Å². The standard InChI is InChI=1S/C12H16N2O3/c1-8-4-3-5-10(6-8)7-13-12(17)14-9(2)11(15)16/h3-6,9H,7H2,1-2H3,(H,15,16)(H2,13,14,17)/t9-/m0/s1. The molecule has 0 radical (unpaired) electrons. The second kappa shape index (κ2) is 5.89. The van der Waals surface area contributed by atoms with Crippen LogP contribution < -0.4 is 10.6 Å². The number of carboxylic acid groups (broad SMARTS) is 1. The Morgan fingerprint density at radius 3 is 2.71 bits per heavy atom. The maximum atomic E-state index is 11.3. The lowest BCUT2D eigenvalue weighted by molar-refractivity contribution is -0.138. The molecule has 3 N–H and O–H groups in total. The Morgan fingerprint density at radius 2 is 2.12 bits per heavy atom. The fourth-order valence-corrected chi connectivity index (χ4v) is 1.31. The lowest BCUT2D eigenvalue weighted by Crippen LogP contribution is -2.44. The first-order chi connectivity index (χ1) is 7.99. The number of benzene rings is 1. The summed E-state index contributed by atoms with van der Waals surface area (Å²) in [5, 5.41) is 13.5. The zero-order valence-corrected chi connectivity index (χ0v) is 9.86. The summed E-state index contributed by atoms with van der Waals surface area (Å²) in [5.41, 5.74) is 2.09. The van der Waals surface area contributed by atoms with Gasteiger partial charge >= 0.3 is 12.0 Å². The molecule has 1 aromatic rings. The van der Waals surface area contributed by atoms with Crippen molar-refractivity contribution >= 4 is 12.0 Å². The number of hydrogen-bond acceptors (Lipinski definition) is 2. The Balaban J connectivity index is 2.41. The topological polar surface area (TPSA) is 78.4 Å². The van der Waals surface area contributed by atoms with Gasteiger partial charge in [-0.1, -0.05) is 29.8 Å². The third kappa shape index (κ3) is 4.55. The minimum Gasteiger partial charge on any atom is -0.480 e. The first-order valence-electron chi connectivity index (χ1n) is 5.32. The van der Waals surface area contributed by atoms with E-state index in [-0.39, 0.29) is 0 Å². The van der Waals surface area contributed by atoms with E-state index in [1.54, 1.807) is 0 Å². The number of carbonyl (C=O) groups excluding carboxylic acids is 1. The van der Waals surface area contributed by atoms with Crippen molar-refractivity contribution < 1.29 is 14.7 Å². The predicted octanol–water partition coefficient (Wildman–Crippen LogP) is 1.27. The lowest BCUT2D eigenvalue weighted by atomic mass is 10.1. The minimum atomic E-state index is -1.06. The van der Waals surface area contributed by atoms with Crippen LogP contribution in [0.3, 0.4) is 0 Å². The molecule has 0 heterocycles. The molecule has 0 aliphatic rings. The van der Waals surface area contributed by atoms with E-state index in [9.17, 15) is 9.59 Å². The zero-order valence-electron chi connectivity index (χ0n) is 9.86. The molecule has 0 aliphatic carbocycles. The smallest absolute Gasteiger partial charge is 0.325 e. The third-order valence-electron chi connectivity index (χ3n) is 2.25. The average molecular weight is 236 g/mol. The fourth-order valence-electron chi connectivity index (χ4n) is 1.31. The number of aliphatic carboxylic acids is 1. The van der Waals surface area contributed by atoms with E-state index in [1.165, 1.54) is 6.92 Å². The Bertz CT molecular complexity index is 418. The molecule has 1 rings (SSSR count). The molecule has 0 aliphatic heterocycles. The van der Waals surface area contributed by atoms with Crippen molar-refractivity contribution in [1.29, 1.82) is 0 Å². The lowest BCUT2D eigenvalue weighted by Gasteiger charge is -2.10. The van der Waals surface area contributed by atoms with Crippen molar-refractivity contribution in [3.8, 4) is 0 Å². The minimum absolute atomic E-state index is 0.375. The van der Waals surface area contributed by atoms with Gasteiger partial charge in [-0.2, -0.15) is 0 Å². The van der Waals surface area contributed by atoms with Crippen molar-refractivity contribution in [1.82, 2.24) is 10.6 Å². The summed E-state index contributed by atoms with van der Waals surface area (Å²) in [5.74, 6) is -1.06. The van der Waals surface area contributed by atoms with Crippen LogP contribution in [0.25, 0.3) is 0 Å². The predicted molar refractivity (Wildman–Crippen MR) is 63.6 cm³/mol. The van der Waals surface area contributed by atoms with Crippen LogP contribution in [-0.4, -0.2) is 23.1 Å². The van der Waals surface area contributed by atoms with Gasteiger partial charge in [0.2, 0.25) is 0 Å². The fraction of sp³-hybridized carbons (Fsp3) is 0.333. The summed E-state index contributed by atoms with van der Waals surface area (Å²) in [6.07, 6.45) is 0. The molecule has 0 bridgehead atoms. The van der Waals surface area contributed by atoms with E-state index in [0.717, 1.165) is 11.1 Å². The number of amides is 2. The molecular weight excluding hydrogens is 220 g/mol. The number of rotatable bonds is 4. The molecule has 0 aromatic heterocycles. The molecule has 1 aromatic carbocycles. The second-order valence-corrected chi connectivity index (χ2v) is 3.88. The van der Waals surface area contributed by atoms with Crippen LogP contribution in [-0.2, 0) is 11.3 Å². The quantitative estimate of drug-likeness (QED) is 0.736. The maximum Gasteiger partial charge on any atom is 0.325 e. The van der Waals surface area contributed by atoms with E-state index >= 15 is 0 Å². The molecular formula is C12H16N2O3. The number of hydrogen-bond donors (Lipinski definition) is 3. The molecule has 1 atom stereocenters. The maximum absolute atomic E-state index is 11.3. The van der Waals surface area contributed by atoms with Gasteiger partial charge in [-0.15, -0.1) is 0 Å². The molecule has 2 amide bonds. The summed E-state index contributed by atoms with van der Waals surface area (Å²) in [7, 11) is 0. The van der Waals surface area contributed by atoms with Crippen LogP contribution in [0.1, 0.15) is 18.1 Å². The van der Waals surface area contributed by atoms with E-state index in [4.69, 9.17) is 5.11 Å². The molecule has 17 heavy (non-hydrogen) atoms. The van der Waals surface area contributed by atoms with Gasteiger partial charge in [-0.05, 0) is 19.4 Å². The number of carboxylic acids is 1. The molecule has 5 heteroatoms. The van der Waals surface area contributed by atoms with Gasteiger partial charge in [0, 0.05) is 6.54 Å². The largest absolute Gasteiger partial charge is 0.480 e. The van der Waals surface area contributed by atoms with E-state index < -0.39 is 18.0 Å². The Morgan fingerprint density at radius 1 is 1.41 bits per heavy atom. The third-order valence-corrected chi connectivity index (χ3v) is 2.25. The Kier molecular flexibility index (Phi) is 4.51. The van der Waals surface area contributed by atoms with Gasteiger partial charge < -0.3 is 15.7 Å². The number of urea groups is 1. The monoisotopic (exact) mass is 236 g/mol. The highest BCUT2D eigenvalue weighted by atomic mass is 16.4. The summed E-state index contributed by atoms with van der Waals surface area (Å²) in [6.45, 7) is 3.75. The highest BCUT2D eigenvalue weighted by Crippen LogP contribution is 2.02. The van der Waals surface area contributed by atoms with Crippen LogP contribution >= 0.6 is 0 Å². The number of nitrogens with one attached hydrogen (secondary N) is 2. The van der Waals surface area contributed by atoms with Crippen molar-refractivity contribution in [2.75, 3.05) is 0 Å². The SMILES string of the molecule is Cc1cccc(CNC(=O)N[C@@H](C)C(=O)O)c1. The summed E-state index contributed by atoms with van der Waals surface area (Å²) in [4.78, 5) is 21.8. The first-order valence-corrected chi connectivity index (χ1v) is 5.32. The summed E-state index contributed by atoms with van der Waals surface area (Å²) < 4.78 is 0. The zero-order chi connectivity index (χ0) is 12.8. The van der Waals surface area contributed by atoms with Crippen molar-refractivity contribution in [3.63, 3.8) is 0 Å². The molecule has 0 saturated carbocycles. The highest BCUT2D eigenvalue weighted by Gasteiger charge is 2.12. The van der Waals surface area contributed by atoms with Crippen molar-refractivity contribution in [3.05, 3.63) is 35.4 Å². The first kappa shape index (κ1) is 13.0. The van der Waals surface area contributed by atoms with Crippen molar-refractivity contribution in [2.45, 2.75) is 26.4 Å². The Labute approximate surface area is 99.8 Å². The summed E-state index contributed by atoms with van der Waals surface area (Å²) in [6, 6.07) is 6.35. The molecule has 5 nitrogen and oxygen atoms in total. The average Bonchev–Trinajstić information content (AvgIpc) is 2.26. The summed E-state index contributed by atoms with van der Waals surface area (Å²) >= 11 is 0. The van der Waals surface area contributed by atoms with Crippen LogP contribution in [0.2, 0.25) is 0 Å². The number of carbonyl (C=O) groups is 2. The van der Waals surface area contributed by atoms with Gasteiger partial charge in [0.1, 0.15) is 6.04 Å². The normalized spacial score (nSPS) is 11.6. The van der Waals surface area contributed by atoms with Gasteiger partial charge in [-0.3, -0.25) is 4.79 Å². The van der Waals surface area contributed by atoms with Gasteiger partial charge in [-0.25, -0.2) is 4.79 Å². The van der Waals surface area contributed by atoms with Crippen LogP contribution in [0.4, 0.5) is 4.79 Å². The second-order valence-electron chi connectivity index (χ2n) is 3.88. The molecule has 92 valence electrons. The van der Waals surface area contributed by atoms with Crippen LogP contribution in [0.15, 0.2) is 24.3 Å². The Hall–Kier alpha value is -2.04. The van der Waals surface area contributed by atoms with Gasteiger partial charge in [0.05, 0.1) is 0 Å². The highest BCUT2D eigenvalue weighted by molar-refractivity contribution is 5.82. The molecule has 0 spiro atoms. The molecule has 0 fully saturated rings.